The number of ether oxygens (including phenoxy) is 4. The number of aliphatic hydroxyl groups excluding tert-OH is 1. The first kappa shape index (κ1) is 33.7. The third kappa shape index (κ3) is 7.41. The largest absolute Gasteiger partial charge is 0.458 e. The minimum absolute atomic E-state index is 0.119. The van der Waals surface area contributed by atoms with Crippen LogP contribution in [0.5, 0.6) is 0 Å². The van der Waals surface area contributed by atoms with Crippen molar-refractivity contribution >= 4 is 29.7 Å². The fraction of sp³-hybridized carbons (Fsp3) is 0.545. The van der Waals surface area contributed by atoms with Gasteiger partial charge in [0, 0.05) is 27.2 Å². The zero-order valence-electron chi connectivity index (χ0n) is 26.0. The van der Waals surface area contributed by atoms with Crippen LogP contribution in [-0.4, -0.2) is 64.8 Å². The molecule has 43 heavy (non-hydrogen) atoms. The Balaban J connectivity index is 2.33. The van der Waals surface area contributed by atoms with Gasteiger partial charge in [-0.15, -0.1) is 0 Å². The predicted octanol–water partition coefficient (Wildman–Crippen LogP) is 4.29. The van der Waals surface area contributed by atoms with Gasteiger partial charge in [0.25, 0.3) is 0 Å². The number of hydrogen-bond donors (Lipinski definition) is 1. The van der Waals surface area contributed by atoms with Crippen LogP contribution >= 0.6 is 0 Å². The van der Waals surface area contributed by atoms with E-state index in [1.54, 1.807) is 64.1 Å². The number of ketones is 1. The quantitative estimate of drug-likeness (QED) is 0.296. The van der Waals surface area contributed by atoms with Gasteiger partial charge < -0.3 is 24.1 Å². The van der Waals surface area contributed by atoms with Crippen LogP contribution in [0, 0.1) is 17.3 Å². The van der Waals surface area contributed by atoms with Gasteiger partial charge in [0.1, 0.15) is 18.0 Å². The lowest BCUT2D eigenvalue weighted by Crippen LogP contribution is -2.53. The monoisotopic (exact) mass is 598 g/mol. The third-order valence-electron chi connectivity index (χ3n) is 8.36. The molecular weight excluding hydrogens is 556 g/mol. The van der Waals surface area contributed by atoms with E-state index in [9.17, 15) is 29.1 Å². The van der Waals surface area contributed by atoms with Crippen LogP contribution in [0.4, 0.5) is 0 Å². The molecule has 3 rings (SSSR count). The molecule has 2 aliphatic rings. The average molecular weight is 599 g/mol. The van der Waals surface area contributed by atoms with E-state index in [-0.39, 0.29) is 18.6 Å². The fourth-order valence-electron chi connectivity index (χ4n) is 6.06. The molecule has 1 fully saturated rings. The highest BCUT2D eigenvalue weighted by atomic mass is 16.6. The molecule has 1 aromatic carbocycles. The Morgan fingerprint density at radius 1 is 0.860 bits per heavy atom. The highest BCUT2D eigenvalue weighted by Gasteiger charge is 2.61. The number of benzene rings is 1. The van der Waals surface area contributed by atoms with Crippen LogP contribution in [0.15, 0.2) is 53.6 Å². The minimum atomic E-state index is -1.59. The topological polar surface area (TPSA) is 143 Å². The lowest BCUT2D eigenvalue weighted by atomic mass is 9.75. The van der Waals surface area contributed by atoms with Gasteiger partial charge in [-0.1, -0.05) is 51.1 Å². The highest BCUT2D eigenvalue weighted by molar-refractivity contribution is 5.89. The lowest BCUT2D eigenvalue weighted by molar-refractivity contribution is -0.186. The second-order valence-corrected chi connectivity index (χ2v) is 12.2. The molecule has 7 atom stereocenters. The molecule has 0 radical (unpaired) electrons. The molecule has 0 saturated heterocycles. The van der Waals surface area contributed by atoms with Gasteiger partial charge in [0.15, 0.2) is 11.7 Å². The Morgan fingerprint density at radius 3 is 2.02 bits per heavy atom. The van der Waals surface area contributed by atoms with E-state index in [4.69, 9.17) is 18.9 Å². The van der Waals surface area contributed by atoms with E-state index in [0.29, 0.717) is 16.7 Å². The summed E-state index contributed by atoms with van der Waals surface area (Å²) in [5.41, 5.74) is -1.80. The van der Waals surface area contributed by atoms with Crippen LogP contribution in [0.1, 0.15) is 78.6 Å². The van der Waals surface area contributed by atoms with Crippen molar-refractivity contribution < 1.29 is 48.0 Å². The summed E-state index contributed by atoms with van der Waals surface area (Å²) in [6.45, 7) is 11.9. The van der Waals surface area contributed by atoms with Gasteiger partial charge in [0.2, 0.25) is 0 Å². The number of hydrogen-bond acceptors (Lipinski definition) is 10. The highest BCUT2D eigenvalue weighted by Crippen LogP contribution is 2.51. The van der Waals surface area contributed by atoms with Crippen molar-refractivity contribution in [1.82, 2.24) is 0 Å². The van der Waals surface area contributed by atoms with Gasteiger partial charge in [-0.25, -0.2) is 4.79 Å². The van der Waals surface area contributed by atoms with E-state index in [2.05, 4.69) is 0 Å². The zero-order chi connectivity index (χ0) is 32.3. The smallest absolute Gasteiger partial charge is 0.338 e. The number of carbonyl (C=O) groups is 5. The third-order valence-corrected chi connectivity index (χ3v) is 8.36. The summed E-state index contributed by atoms with van der Waals surface area (Å²) in [5.74, 6) is -4.25. The lowest BCUT2D eigenvalue weighted by Gasteiger charge is -2.42. The zero-order valence-corrected chi connectivity index (χ0v) is 26.0. The van der Waals surface area contributed by atoms with Crippen molar-refractivity contribution in [2.75, 3.05) is 0 Å². The van der Waals surface area contributed by atoms with Gasteiger partial charge in [0.05, 0.1) is 23.0 Å². The first-order valence-electron chi connectivity index (χ1n) is 14.4. The van der Waals surface area contributed by atoms with Crippen molar-refractivity contribution in [1.29, 1.82) is 0 Å². The number of rotatable bonds is 5. The van der Waals surface area contributed by atoms with Gasteiger partial charge >= 0.3 is 23.9 Å². The van der Waals surface area contributed by atoms with Crippen LogP contribution in [0.25, 0.3) is 0 Å². The normalized spacial score (nSPS) is 33.2. The molecule has 1 aromatic rings. The van der Waals surface area contributed by atoms with Gasteiger partial charge in [-0.2, -0.15) is 0 Å². The number of fused-ring (bicyclic) bond motifs is 1. The Kier molecular flexibility index (Phi) is 10.4. The van der Waals surface area contributed by atoms with Crippen LogP contribution in [0.2, 0.25) is 0 Å². The predicted molar refractivity (Wildman–Crippen MR) is 155 cm³/mol. The molecule has 0 spiro atoms. The second kappa shape index (κ2) is 13.2. The van der Waals surface area contributed by atoms with Crippen molar-refractivity contribution in [2.45, 2.75) is 98.2 Å². The van der Waals surface area contributed by atoms with E-state index in [0.717, 1.165) is 0 Å². The summed E-state index contributed by atoms with van der Waals surface area (Å²) in [6.07, 6.45) is -1.48. The molecule has 2 aliphatic carbocycles. The number of Topliss-reactive ketones (excluding diaryl/α,β-unsaturated/α-hetero) is 1. The van der Waals surface area contributed by atoms with Crippen molar-refractivity contribution in [2.24, 2.45) is 17.3 Å². The van der Waals surface area contributed by atoms with Crippen molar-refractivity contribution in [3.8, 4) is 0 Å². The average Bonchev–Trinajstić information content (AvgIpc) is 3.15. The maximum Gasteiger partial charge on any atom is 0.338 e. The molecule has 1 N–H and O–H groups in total. The molecule has 0 heterocycles. The van der Waals surface area contributed by atoms with Crippen molar-refractivity contribution in [3.63, 3.8) is 0 Å². The van der Waals surface area contributed by atoms with E-state index < -0.39 is 71.1 Å². The van der Waals surface area contributed by atoms with Crippen LogP contribution < -0.4 is 0 Å². The summed E-state index contributed by atoms with van der Waals surface area (Å²) in [6, 6.07) is 8.41. The summed E-state index contributed by atoms with van der Waals surface area (Å²) < 4.78 is 23.6. The molecule has 234 valence electrons. The molecular formula is C33H42O10. The summed E-state index contributed by atoms with van der Waals surface area (Å²) in [5, 5.41) is 11.3. The van der Waals surface area contributed by atoms with Crippen LogP contribution in [0.3, 0.4) is 0 Å². The first-order valence-corrected chi connectivity index (χ1v) is 14.4. The summed E-state index contributed by atoms with van der Waals surface area (Å²) in [4.78, 5) is 64.2. The standard InChI is InChI=1S/C33H42O10/c1-18-14-25-29(42-31(39)24-12-10-9-11-13-24)20(3)17-33(25,43-23(6)36)30(41-22(5)35)19(2)15-27(37)32(7,8)28(38)16-26(18)40-21(4)34/h9-15,20,25-27,29-30,37H,16-17H2,1-8H3/b18-14+,19-15+/t20-,25+,26-,27-,29+,30-,33-/m1/s1. The summed E-state index contributed by atoms with van der Waals surface area (Å²) in [7, 11) is 0. The molecule has 10 nitrogen and oxygen atoms in total. The van der Waals surface area contributed by atoms with E-state index in [1.807, 2.05) is 6.92 Å². The fourth-order valence-corrected chi connectivity index (χ4v) is 6.06. The Hall–Kier alpha value is -3.79. The summed E-state index contributed by atoms with van der Waals surface area (Å²) >= 11 is 0. The molecule has 0 aliphatic heterocycles. The Labute approximate surface area is 252 Å². The second-order valence-electron chi connectivity index (χ2n) is 12.2. The molecule has 0 unspecified atom stereocenters. The van der Waals surface area contributed by atoms with E-state index in [1.165, 1.54) is 26.8 Å². The van der Waals surface area contributed by atoms with Gasteiger partial charge in [-0.05, 0) is 49.5 Å². The molecule has 10 heteroatoms. The maximum atomic E-state index is 13.5. The number of aliphatic hydroxyl groups is 1. The number of esters is 4. The van der Waals surface area contributed by atoms with Crippen molar-refractivity contribution in [3.05, 3.63) is 59.2 Å². The van der Waals surface area contributed by atoms with Crippen LogP contribution in [-0.2, 0) is 38.1 Å². The molecule has 0 aromatic heterocycles. The molecule has 0 bridgehead atoms. The van der Waals surface area contributed by atoms with Gasteiger partial charge in [-0.3, -0.25) is 19.2 Å². The minimum Gasteiger partial charge on any atom is -0.458 e. The number of carbonyl (C=O) groups excluding carboxylic acids is 5. The SMILES string of the molecule is CC(=O)O[C@@H]1/C(C)=C/[C@@H](O)C(C)(C)C(=O)C[C@@H](OC(C)=O)/C(C)=C/[C@H]2[C@@H](OC(=O)c3ccccc3)[C@H](C)C[C@]12OC(C)=O. The molecule has 1 saturated carbocycles. The maximum absolute atomic E-state index is 13.5. The Morgan fingerprint density at radius 2 is 1.47 bits per heavy atom. The molecule has 0 amide bonds. The Bertz CT molecular complexity index is 1310. The van der Waals surface area contributed by atoms with E-state index >= 15 is 0 Å². The first-order chi connectivity index (χ1) is 20.0.